The van der Waals surface area contributed by atoms with Crippen molar-refractivity contribution in [2.75, 3.05) is 5.32 Å². The zero-order valence-corrected chi connectivity index (χ0v) is 13.3. The average Bonchev–Trinajstić information content (AvgIpc) is 3.23. The Kier molecular flexibility index (Phi) is 4.88. The fourth-order valence-electron chi connectivity index (χ4n) is 2.13. The van der Waals surface area contributed by atoms with Gasteiger partial charge in [-0.3, -0.25) is 9.59 Å². The van der Waals surface area contributed by atoms with Crippen LogP contribution in [0.4, 0.5) is 5.69 Å². The standard InChI is InChI=1S/C16H21ClN2O2/c1-4-10(3)18-15(20)12-8-13(12)16(21)19-11-6-5-9(2)14(17)7-11/h5-7,10,12-13H,4,8H2,1-3H3,(H,18,20)(H,19,21). The molecule has 2 rings (SSSR count). The van der Waals surface area contributed by atoms with Gasteiger partial charge in [-0.2, -0.15) is 0 Å². The number of amides is 2. The van der Waals surface area contributed by atoms with Crippen LogP contribution in [-0.4, -0.2) is 17.9 Å². The normalized spacial score (nSPS) is 21.5. The van der Waals surface area contributed by atoms with E-state index in [2.05, 4.69) is 10.6 Å². The van der Waals surface area contributed by atoms with Gasteiger partial charge in [0.15, 0.2) is 0 Å². The Morgan fingerprint density at radius 3 is 2.62 bits per heavy atom. The van der Waals surface area contributed by atoms with Crippen LogP contribution < -0.4 is 10.6 Å². The summed E-state index contributed by atoms with van der Waals surface area (Å²) in [5.41, 5.74) is 1.63. The summed E-state index contributed by atoms with van der Waals surface area (Å²) < 4.78 is 0. The van der Waals surface area contributed by atoms with Gasteiger partial charge in [-0.25, -0.2) is 0 Å². The highest BCUT2D eigenvalue weighted by atomic mass is 35.5. The topological polar surface area (TPSA) is 58.2 Å². The number of hydrogen-bond acceptors (Lipinski definition) is 2. The molecule has 5 heteroatoms. The second-order valence-electron chi connectivity index (χ2n) is 5.72. The van der Waals surface area contributed by atoms with Crippen LogP contribution in [0.15, 0.2) is 18.2 Å². The summed E-state index contributed by atoms with van der Waals surface area (Å²) in [6, 6.07) is 5.55. The van der Waals surface area contributed by atoms with Crippen LogP contribution in [0.1, 0.15) is 32.3 Å². The van der Waals surface area contributed by atoms with Crippen LogP contribution in [0.2, 0.25) is 5.02 Å². The van der Waals surface area contributed by atoms with Gasteiger partial charge in [0, 0.05) is 16.8 Å². The van der Waals surface area contributed by atoms with Gasteiger partial charge in [0.2, 0.25) is 11.8 Å². The van der Waals surface area contributed by atoms with E-state index in [-0.39, 0.29) is 29.7 Å². The molecule has 114 valence electrons. The molecule has 4 nitrogen and oxygen atoms in total. The fourth-order valence-corrected chi connectivity index (χ4v) is 2.31. The van der Waals surface area contributed by atoms with Crippen LogP contribution in [-0.2, 0) is 9.59 Å². The first-order chi connectivity index (χ1) is 9.92. The lowest BCUT2D eigenvalue weighted by atomic mass is 10.2. The predicted octanol–water partition coefficient (Wildman–Crippen LogP) is 3.14. The Morgan fingerprint density at radius 1 is 1.33 bits per heavy atom. The molecule has 1 aliphatic carbocycles. The molecule has 21 heavy (non-hydrogen) atoms. The highest BCUT2D eigenvalue weighted by Gasteiger charge is 2.48. The van der Waals surface area contributed by atoms with Gasteiger partial charge in [-0.1, -0.05) is 24.6 Å². The molecule has 1 aromatic rings. The number of nitrogens with one attached hydrogen (secondary N) is 2. The maximum Gasteiger partial charge on any atom is 0.228 e. The van der Waals surface area contributed by atoms with E-state index in [1.54, 1.807) is 6.07 Å². The van der Waals surface area contributed by atoms with E-state index in [4.69, 9.17) is 11.6 Å². The van der Waals surface area contributed by atoms with Crippen LogP contribution in [0, 0.1) is 18.8 Å². The van der Waals surface area contributed by atoms with Crippen LogP contribution >= 0.6 is 11.6 Å². The van der Waals surface area contributed by atoms with Crippen molar-refractivity contribution in [3.8, 4) is 0 Å². The van der Waals surface area contributed by atoms with Crippen molar-refractivity contribution in [3.63, 3.8) is 0 Å². The number of benzene rings is 1. The van der Waals surface area contributed by atoms with Gasteiger partial charge in [-0.15, -0.1) is 0 Å². The first-order valence-corrected chi connectivity index (χ1v) is 7.67. The first-order valence-electron chi connectivity index (χ1n) is 7.29. The summed E-state index contributed by atoms with van der Waals surface area (Å²) in [7, 11) is 0. The molecule has 3 atom stereocenters. The van der Waals surface area contributed by atoms with Crippen LogP contribution in [0.5, 0.6) is 0 Å². The van der Waals surface area contributed by atoms with Crippen molar-refractivity contribution in [1.82, 2.24) is 5.32 Å². The van der Waals surface area contributed by atoms with Crippen molar-refractivity contribution in [2.24, 2.45) is 11.8 Å². The van der Waals surface area contributed by atoms with Gasteiger partial charge in [0.05, 0.1) is 11.8 Å². The monoisotopic (exact) mass is 308 g/mol. The van der Waals surface area contributed by atoms with E-state index in [1.807, 2.05) is 32.9 Å². The van der Waals surface area contributed by atoms with Crippen LogP contribution in [0.3, 0.4) is 0 Å². The van der Waals surface area contributed by atoms with Crippen LogP contribution in [0.25, 0.3) is 0 Å². The molecule has 0 radical (unpaired) electrons. The minimum atomic E-state index is -0.228. The van der Waals surface area contributed by atoms with E-state index in [9.17, 15) is 9.59 Å². The van der Waals surface area contributed by atoms with E-state index in [0.717, 1.165) is 12.0 Å². The van der Waals surface area contributed by atoms with Gasteiger partial charge >= 0.3 is 0 Å². The fraction of sp³-hybridized carbons (Fsp3) is 0.500. The highest BCUT2D eigenvalue weighted by Crippen LogP contribution is 2.39. The third-order valence-electron chi connectivity index (χ3n) is 3.90. The average molecular weight is 309 g/mol. The molecule has 0 saturated heterocycles. The lowest BCUT2D eigenvalue weighted by Crippen LogP contribution is -2.34. The largest absolute Gasteiger partial charge is 0.353 e. The second kappa shape index (κ2) is 6.48. The Labute approximate surface area is 130 Å². The first kappa shape index (κ1) is 15.8. The number of rotatable bonds is 5. The SMILES string of the molecule is CCC(C)NC(=O)C1CC1C(=O)Nc1ccc(C)c(Cl)c1. The number of aryl methyl sites for hydroxylation is 1. The maximum atomic E-state index is 12.1. The van der Waals surface area contributed by atoms with Crippen molar-refractivity contribution >= 4 is 29.1 Å². The Bertz CT molecular complexity index is 559. The lowest BCUT2D eigenvalue weighted by molar-refractivity contribution is -0.125. The van der Waals surface area contributed by atoms with E-state index in [0.29, 0.717) is 17.1 Å². The zero-order valence-electron chi connectivity index (χ0n) is 12.6. The van der Waals surface area contributed by atoms with E-state index >= 15 is 0 Å². The van der Waals surface area contributed by atoms with Gasteiger partial charge in [0.25, 0.3) is 0 Å². The molecule has 0 heterocycles. The molecule has 1 aliphatic rings. The van der Waals surface area contributed by atoms with E-state index < -0.39 is 0 Å². The molecular weight excluding hydrogens is 288 g/mol. The summed E-state index contributed by atoms with van der Waals surface area (Å²) in [6.45, 7) is 5.89. The maximum absolute atomic E-state index is 12.1. The van der Waals surface area contributed by atoms with Crippen molar-refractivity contribution in [1.29, 1.82) is 0 Å². The molecular formula is C16H21ClN2O2. The van der Waals surface area contributed by atoms with Crippen molar-refractivity contribution in [2.45, 2.75) is 39.7 Å². The smallest absolute Gasteiger partial charge is 0.228 e. The second-order valence-corrected chi connectivity index (χ2v) is 6.13. The summed E-state index contributed by atoms with van der Waals surface area (Å²) in [4.78, 5) is 24.0. The van der Waals surface area contributed by atoms with Crippen molar-refractivity contribution < 1.29 is 9.59 Å². The number of hydrogen-bond donors (Lipinski definition) is 2. The quantitative estimate of drug-likeness (QED) is 0.878. The Morgan fingerprint density at radius 2 is 2.00 bits per heavy atom. The number of carbonyl (C=O) groups is 2. The molecule has 2 amide bonds. The number of anilines is 1. The molecule has 1 fully saturated rings. The molecule has 1 saturated carbocycles. The molecule has 0 aliphatic heterocycles. The highest BCUT2D eigenvalue weighted by molar-refractivity contribution is 6.31. The van der Waals surface area contributed by atoms with Gasteiger partial charge < -0.3 is 10.6 Å². The van der Waals surface area contributed by atoms with Gasteiger partial charge in [0.1, 0.15) is 0 Å². The molecule has 0 bridgehead atoms. The minimum absolute atomic E-state index is 0.0218. The third kappa shape index (κ3) is 3.97. The summed E-state index contributed by atoms with van der Waals surface area (Å²) in [5.74, 6) is -0.556. The summed E-state index contributed by atoms with van der Waals surface area (Å²) in [6.07, 6.45) is 1.50. The van der Waals surface area contributed by atoms with E-state index in [1.165, 1.54) is 0 Å². The molecule has 0 aromatic heterocycles. The lowest BCUT2D eigenvalue weighted by Gasteiger charge is -2.11. The third-order valence-corrected chi connectivity index (χ3v) is 4.31. The molecule has 2 N–H and O–H groups in total. The van der Waals surface area contributed by atoms with Crippen molar-refractivity contribution in [3.05, 3.63) is 28.8 Å². The molecule has 1 aromatic carbocycles. The molecule has 3 unspecified atom stereocenters. The molecule has 0 spiro atoms. The summed E-state index contributed by atoms with van der Waals surface area (Å²) >= 11 is 6.03. The van der Waals surface area contributed by atoms with Gasteiger partial charge in [-0.05, 0) is 44.4 Å². The Hall–Kier alpha value is -1.55. The Balaban J connectivity index is 1.88. The summed E-state index contributed by atoms with van der Waals surface area (Å²) in [5, 5.41) is 6.36. The number of carbonyl (C=O) groups excluding carboxylic acids is 2. The minimum Gasteiger partial charge on any atom is -0.353 e. The number of halogens is 1. The predicted molar refractivity (Wildman–Crippen MR) is 84.3 cm³/mol. The zero-order chi connectivity index (χ0) is 15.6.